The normalized spacial score (nSPS) is 10.9. The molecule has 0 radical (unpaired) electrons. The molecule has 17 heavy (non-hydrogen) atoms. The second-order valence-electron chi connectivity index (χ2n) is 3.66. The van der Waals surface area contributed by atoms with E-state index in [0.717, 1.165) is 6.42 Å². The zero-order chi connectivity index (χ0) is 12.3. The highest BCUT2D eigenvalue weighted by atomic mass is 16.5. The van der Waals surface area contributed by atoms with Crippen molar-refractivity contribution in [3.63, 3.8) is 0 Å². The fourth-order valence-corrected chi connectivity index (χ4v) is 1.64. The molecule has 1 N–H and O–H groups in total. The molecule has 1 heterocycles. The van der Waals surface area contributed by atoms with E-state index in [0.29, 0.717) is 30.0 Å². The molecular weight excluding hydrogens is 222 g/mol. The maximum Gasteiger partial charge on any atom is 0.338 e. The van der Waals surface area contributed by atoms with E-state index < -0.39 is 5.97 Å². The lowest BCUT2D eigenvalue weighted by atomic mass is 10.2. The van der Waals surface area contributed by atoms with Crippen LogP contribution in [0.3, 0.4) is 0 Å². The third-order valence-electron chi connectivity index (χ3n) is 2.43. The smallest absolute Gasteiger partial charge is 0.338 e. The Bertz CT molecular complexity index is 532. The van der Waals surface area contributed by atoms with Crippen molar-refractivity contribution in [3.8, 4) is 0 Å². The van der Waals surface area contributed by atoms with E-state index in [-0.39, 0.29) is 5.56 Å². The van der Waals surface area contributed by atoms with Crippen LogP contribution < -0.4 is 0 Å². The molecule has 0 spiro atoms. The van der Waals surface area contributed by atoms with Crippen LogP contribution >= 0.6 is 0 Å². The lowest BCUT2D eigenvalue weighted by Crippen LogP contribution is -1.97. The minimum Gasteiger partial charge on any atom is -0.478 e. The van der Waals surface area contributed by atoms with Crippen LogP contribution in [0, 0.1) is 0 Å². The third kappa shape index (κ3) is 2.45. The van der Waals surface area contributed by atoms with Crippen LogP contribution in [0.2, 0.25) is 0 Å². The topological polar surface area (TPSA) is 72.6 Å². The number of ether oxygens (including phenoxy) is 1. The number of aromatic nitrogens is 1. The summed E-state index contributed by atoms with van der Waals surface area (Å²) in [5, 5.41) is 9.00. The summed E-state index contributed by atoms with van der Waals surface area (Å²) in [6.45, 7) is 0.629. The van der Waals surface area contributed by atoms with Crippen LogP contribution in [-0.4, -0.2) is 29.8 Å². The first-order chi connectivity index (χ1) is 8.22. The molecule has 0 aliphatic heterocycles. The molecule has 0 saturated carbocycles. The first kappa shape index (κ1) is 11.6. The quantitative estimate of drug-likeness (QED) is 0.803. The van der Waals surface area contributed by atoms with Gasteiger partial charge in [-0.1, -0.05) is 6.07 Å². The zero-order valence-corrected chi connectivity index (χ0v) is 9.47. The molecule has 5 nitrogen and oxygen atoms in total. The fraction of sp³-hybridized carbons (Fsp3) is 0.333. The summed E-state index contributed by atoms with van der Waals surface area (Å²) >= 11 is 0. The van der Waals surface area contributed by atoms with Crippen molar-refractivity contribution in [1.29, 1.82) is 0 Å². The van der Waals surface area contributed by atoms with Crippen molar-refractivity contribution in [2.24, 2.45) is 0 Å². The number of hydrogen-bond donors (Lipinski definition) is 1. The van der Waals surface area contributed by atoms with Crippen LogP contribution in [-0.2, 0) is 11.2 Å². The van der Waals surface area contributed by atoms with E-state index >= 15 is 0 Å². The molecule has 0 aliphatic carbocycles. The number of rotatable bonds is 5. The molecule has 1 aromatic heterocycles. The molecule has 90 valence electrons. The Labute approximate surface area is 98.0 Å². The summed E-state index contributed by atoms with van der Waals surface area (Å²) in [5.74, 6) is -0.446. The van der Waals surface area contributed by atoms with Crippen LogP contribution in [0.5, 0.6) is 0 Å². The number of hydrogen-bond acceptors (Lipinski definition) is 4. The molecule has 0 fully saturated rings. The van der Waals surface area contributed by atoms with Gasteiger partial charge < -0.3 is 14.3 Å². The summed E-state index contributed by atoms with van der Waals surface area (Å²) in [6.07, 6.45) is 1.44. The number of fused-ring (bicyclic) bond motifs is 1. The van der Waals surface area contributed by atoms with Crippen molar-refractivity contribution in [2.75, 3.05) is 13.7 Å². The number of oxazole rings is 1. The summed E-state index contributed by atoms with van der Waals surface area (Å²) < 4.78 is 10.4. The van der Waals surface area contributed by atoms with Gasteiger partial charge >= 0.3 is 5.97 Å². The highest BCUT2D eigenvalue weighted by molar-refractivity contribution is 6.00. The number of para-hydroxylation sites is 1. The monoisotopic (exact) mass is 235 g/mol. The number of carboxylic acids is 1. The number of carbonyl (C=O) groups is 1. The zero-order valence-electron chi connectivity index (χ0n) is 9.47. The van der Waals surface area contributed by atoms with Gasteiger partial charge in [-0.15, -0.1) is 0 Å². The van der Waals surface area contributed by atoms with E-state index in [1.54, 1.807) is 19.2 Å². The standard InChI is InChI=1S/C12H13NO4/c1-16-7-3-6-10-13-11-8(12(14)15)4-2-5-9(11)17-10/h2,4-5H,3,6-7H2,1H3,(H,14,15). The maximum absolute atomic E-state index is 11.0. The predicted molar refractivity (Wildman–Crippen MR) is 61.2 cm³/mol. The second-order valence-corrected chi connectivity index (χ2v) is 3.66. The largest absolute Gasteiger partial charge is 0.478 e. The van der Waals surface area contributed by atoms with Gasteiger partial charge in [0.1, 0.15) is 5.52 Å². The molecule has 0 bridgehead atoms. The van der Waals surface area contributed by atoms with Gasteiger partial charge in [0.2, 0.25) is 0 Å². The first-order valence-corrected chi connectivity index (χ1v) is 5.33. The molecular formula is C12H13NO4. The lowest BCUT2D eigenvalue weighted by molar-refractivity contribution is 0.0699. The summed E-state index contributed by atoms with van der Waals surface area (Å²) in [4.78, 5) is 15.2. The first-order valence-electron chi connectivity index (χ1n) is 5.33. The minimum absolute atomic E-state index is 0.171. The molecule has 0 aliphatic rings. The molecule has 0 atom stereocenters. The molecule has 0 saturated heterocycles. The van der Waals surface area contributed by atoms with Gasteiger partial charge in [-0.2, -0.15) is 0 Å². The van der Waals surface area contributed by atoms with Crippen LogP contribution in [0.1, 0.15) is 22.7 Å². The van der Waals surface area contributed by atoms with Gasteiger partial charge in [0.05, 0.1) is 5.56 Å². The predicted octanol–water partition coefficient (Wildman–Crippen LogP) is 2.10. The Morgan fingerprint density at radius 1 is 1.53 bits per heavy atom. The Morgan fingerprint density at radius 2 is 2.35 bits per heavy atom. The van der Waals surface area contributed by atoms with E-state index in [9.17, 15) is 4.79 Å². The van der Waals surface area contributed by atoms with Crippen molar-refractivity contribution in [1.82, 2.24) is 4.98 Å². The SMILES string of the molecule is COCCCc1nc2c(C(=O)O)cccc2o1. The van der Waals surface area contributed by atoms with Crippen molar-refractivity contribution < 1.29 is 19.1 Å². The summed E-state index contributed by atoms with van der Waals surface area (Å²) in [6, 6.07) is 4.89. The number of benzene rings is 1. The Balaban J connectivity index is 2.30. The van der Waals surface area contributed by atoms with Crippen LogP contribution in [0.4, 0.5) is 0 Å². The minimum atomic E-state index is -0.993. The van der Waals surface area contributed by atoms with Gasteiger partial charge in [-0.05, 0) is 18.6 Å². The number of nitrogens with zero attached hydrogens (tertiary/aromatic N) is 1. The van der Waals surface area contributed by atoms with E-state index in [1.807, 2.05) is 0 Å². The molecule has 2 aromatic rings. The molecule has 0 unspecified atom stereocenters. The molecule has 0 amide bonds. The maximum atomic E-state index is 11.0. The second kappa shape index (κ2) is 4.97. The lowest BCUT2D eigenvalue weighted by Gasteiger charge is -1.93. The van der Waals surface area contributed by atoms with Crippen molar-refractivity contribution >= 4 is 17.1 Å². The molecule has 2 rings (SSSR count). The summed E-state index contributed by atoms with van der Waals surface area (Å²) in [7, 11) is 1.63. The Hall–Kier alpha value is -1.88. The Kier molecular flexibility index (Phi) is 3.39. The number of carboxylic acid groups (broad SMARTS) is 1. The number of aryl methyl sites for hydroxylation is 1. The van der Waals surface area contributed by atoms with Gasteiger partial charge in [-0.25, -0.2) is 9.78 Å². The van der Waals surface area contributed by atoms with Gasteiger partial charge in [0, 0.05) is 20.1 Å². The van der Waals surface area contributed by atoms with E-state index in [4.69, 9.17) is 14.3 Å². The fourth-order valence-electron chi connectivity index (χ4n) is 1.64. The number of aromatic carboxylic acids is 1. The van der Waals surface area contributed by atoms with Gasteiger partial charge in [0.25, 0.3) is 0 Å². The van der Waals surface area contributed by atoms with Crippen molar-refractivity contribution in [3.05, 3.63) is 29.7 Å². The van der Waals surface area contributed by atoms with E-state index in [1.165, 1.54) is 6.07 Å². The highest BCUT2D eigenvalue weighted by Crippen LogP contribution is 2.20. The van der Waals surface area contributed by atoms with Gasteiger partial charge in [-0.3, -0.25) is 0 Å². The average Bonchev–Trinajstić information content (AvgIpc) is 2.71. The van der Waals surface area contributed by atoms with Crippen molar-refractivity contribution in [2.45, 2.75) is 12.8 Å². The third-order valence-corrected chi connectivity index (χ3v) is 2.43. The van der Waals surface area contributed by atoms with Crippen LogP contribution in [0.15, 0.2) is 22.6 Å². The molecule has 1 aromatic carbocycles. The van der Waals surface area contributed by atoms with Crippen LogP contribution in [0.25, 0.3) is 11.1 Å². The average molecular weight is 235 g/mol. The molecule has 5 heteroatoms. The summed E-state index contributed by atoms with van der Waals surface area (Å²) in [5.41, 5.74) is 1.09. The van der Waals surface area contributed by atoms with E-state index in [2.05, 4.69) is 4.98 Å². The Morgan fingerprint density at radius 3 is 3.06 bits per heavy atom. The number of methoxy groups -OCH3 is 1. The van der Waals surface area contributed by atoms with Gasteiger partial charge in [0.15, 0.2) is 11.5 Å². The highest BCUT2D eigenvalue weighted by Gasteiger charge is 2.13.